The number of rotatable bonds is 2. The topological polar surface area (TPSA) is 68.3 Å². The van der Waals surface area contributed by atoms with Crippen LogP contribution in [0.25, 0.3) is 32.3 Å². The van der Waals surface area contributed by atoms with Crippen molar-refractivity contribution < 1.29 is 43.2 Å². The van der Waals surface area contributed by atoms with Crippen LogP contribution >= 0.6 is 0 Å². The molecule has 4 rings (SSSR count). The quantitative estimate of drug-likeness (QED) is 0.265. The predicted molar refractivity (Wildman–Crippen MR) is 105 cm³/mol. The summed E-state index contributed by atoms with van der Waals surface area (Å²) in [4.78, 5) is -1.98. The SMILES string of the molecule is O=S(=O)(c1ccc2c3ccc(S(=O)(=O)C(F)(F)F)cc3c3ccccc3c2c1)C(F)(F)F. The summed E-state index contributed by atoms with van der Waals surface area (Å²) in [6, 6.07) is 11.3. The number of halogens is 6. The van der Waals surface area contributed by atoms with Gasteiger partial charge in [-0.3, -0.25) is 0 Å². The summed E-state index contributed by atoms with van der Waals surface area (Å²) in [6.07, 6.45) is 0. The summed E-state index contributed by atoms with van der Waals surface area (Å²) in [5.74, 6) is 0. The minimum absolute atomic E-state index is 0.116. The first-order valence-corrected chi connectivity index (χ1v) is 11.6. The lowest BCUT2D eigenvalue weighted by molar-refractivity contribution is -0.0442. The van der Waals surface area contributed by atoms with Crippen LogP contribution in [0.1, 0.15) is 0 Å². The average Bonchev–Trinajstić information content (AvgIpc) is 2.71. The number of fused-ring (bicyclic) bond motifs is 6. The van der Waals surface area contributed by atoms with Gasteiger partial charge in [-0.1, -0.05) is 36.4 Å². The number of hydrogen-bond acceptors (Lipinski definition) is 4. The van der Waals surface area contributed by atoms with Crippen LogP contribution in [0.15, 0.2) is 70.5 Å². The van der Waals surface area contributed by atoms with Gasteiger partial charge in [0.15, 0.2) is 0 Å². The zero-order chi connectivity index (χ0) is 23.7. The van der Waals surface area contributed by atoms with E-state index in [9.17, 15) is 43.2 Å². The Hall–Kier alpha value is -2.86. The van der Waals surface area contributed by atoms with Crippen LogP contribution in [0, 0.1) is 0 Å². The summed E-state index contributed by atoms with van der Waals surface area (Å²) in [7, 11) is -11.3. The Bertz CT molecular complexity index is 1480. The molecule has 4 aromatic carbocycles. The van der Waals surface area contributed by atoms with Crippen molar-refractivity contribution in [1.82, 2.24) is 0 Å². The molecule has 0 fully saturated rings. The van der Waals surface area contributed by atoms with Crippen molar-refractivity contribution in [2.24, 2.45) is 0 Å². The third kappa shape index (κ3) is 3.20. The van der Waals surface area contributed by atoms with E-state index in [0.29, 0.717) is 0 Å². The highest BCUT2D eigenvalue weighted by molar-refractivity contribution is 7.92. The first kappa shape index (κ1) is 22.3. The third-order valence-corrected chi connectivity index (χ3v) is 7.98. The number of benzene rings is 4. The number of sulfone groups is 2. The van der Waals surface area contributed by atoms with E-state index in [1.54, 1.807) is 0 Å². The van der Waals surface area contributed by atoms with Crippen molar-refractivity contribution in [3.05, 3.63) is 60.7 Å². The number of hydrogen-bond donors (Lipinski definition) is 0. The molecule has 32 heavy (non-hydrogen) atoms. The Labute approximate surface area is 176 Å². The fraction of sp³-hybridized carbons (Fsp3) is 0.100. The first-order valence-electron chi connectivity index (χ1n) is 8.67. The molecule has 0 amide bonds. The first-order chi connectivity index (χ1) is 14.7. The van der Waals surface area contributed by atoms with Crippen molar-refractivity contribution in [3.8, 4) is 0 Å². The highest BCUT2D eigenvalue weighted by Crippen LogP contribution is 2.40. The second kappa shape index (κ2) is 6.82. The van der Waals surface area contributed by atoms with Crippen LogP contribution in [0.2, 0.25) is 0 Å². The molecule has 0 aliphatic heterocycles. The van der Waals surface area contributed by atoms with E-state index in [1.807, 2.05) is 0 Å². The van der Waals surface area contributed by atoms with Crippen molar-refractivity contribution in [1.29, 1.82) is 0 Å². The van der Waals surface area contributed by atoms with Gasteiger partial charge in [-0.05, 0) is 56.6 Å². The minimum atomic E-state index is -5.64. The molecule has 0 radical (unpaired) electrons. The fourth-order valence-electron chi connectivity index (χ4n) is 3.52. The zero-order valence-electron chi connectivity index (χ0n) is 15.5. The van der Waals surface area contributed by atoms with Crippen LogP contribution in [-0.4, -0.2) is 27.9 Å². The molecule has 12 heteroatoms. The van der Waals surface area contributed by atoms with E-state index in [4.69, 9.17) is 0 Å². The average molecular weight is 492 g/mol. The van der Waals surface area contributed by atoms with Crippen molar-refractivity contribution >= 4 is 52.0 Å². The van der Waals surface area contributed by atoms with Gasteiger partial charge in [0.1, 0.15) is 0 Å². The molecule has 0 spiro atoms. The molecular weight excluding hydrogens is 482 g/mol. The normalized spacial score (nSPS) is 13.8. The van der Waals surface area contributed by atoms with Gasteiger partial charge in [-0.15, -0.1) is 0 Å². The van der Waals surface area contributed by atoms with E-state index in [-0.39, 0.29) is 32.3 Å². The van der Waals surface area contributed by atoms with Gasteiger partial charge in [0.25, 0.3) is 19.7 Å². The summed E-state index contributed by atoms with van der Waals surface area (Å²) in [6.45, 7) is 0. The van der Waals surface area contributed by atoms with E-state index >= 15 is 0 Å². The molecule has 0 atom stereocenters. The Balaban J connectivity index is 2.14. The van der Waals surface area contributed by atoms with Crippen LogP contribution in [0.3, 0.4) is 0 Å². The molecule has 0 saturated carbocycles. The van der Waals surface area contributed by atoms with Crippen molar-refractivity contribution in [2.75, 3.05) is 0 Å². The van der Waals surface area contributed by atoms with Crippen LogP contribution in [0.5, 0.6) is 0 Å². The summed E-state index contributed by atoms with van der Waals surface area (Å²) >= 11 is 0. The largest absolute Gasteiger partial charge is 0.501 e. The van der Waals surface area contributed by atoms with Gasteiger partial charge in [0.2, 0.25) is 0 Å². The highest BCUT2D eigenvalue weighted by Gasteiger charge is 2.47. The van der Waals surface area contributed by atoms with Gasteiger partial charge in [-0.2, -0.15) is 26.3 Å². The Morgan fingerprint density at radius 2 is 0.781 bits per heavy atom. The van der Waals surface area contributed by atoms with Crippen molar-refractivity contribution in [3.63, 3.8) is 0 Å². The monoisotopic (exact) mass is 492 g/mol. The molecular formula is C20H10F6O4S2. The second-order valence-electron chi connectivity index (χ2n) is 6.86. The lowest BCUT2D eigenvalue weighted by Gasteiger charge is -2.14. The molecule has 0 heterocycles. The Morgan fingerprint density at radius 3 is 1.09 bits per heavy atom. The maximum absolute atomic E-state index is 13.0. The van der Waals surface area contributed by atoms with Gasteiger partial charge >= 0.3 is 11.0 Å². The molecule has 0 saturated heterocycles. The molecule has 0 aromatic heterocycles. The fourth-order valence-corrected chi connectivity index (χ4v) is 5.09. The van der Waals surface area contributed by atoms with E-state index in [2.05, 4.69) is 0 Å². The van der Waals surface area contributed by atoms with Gasteiger partial charge in [-0.25, -0.2) is 16.8 Å². The molecule has 4 nitrogen and oxygen atoms in total. The predicted octanol–water partition coefficient (Wildman–Crippen LogP) is 5.73. The van der Waals surface area contributed by atoms with Crippen molar-refractivity contribution in [2.45, 2.75) is 20.8 Å². The zero-order valence-corrected chi connectivity index (χ0v) is 17.1. The van der Waals surface area contributed by atoms with Gasteiger partial charge < -0.3 is 0 Å². The van der Waals surface area contributed by atoms with E-state index in [0.717, 1.165) is 36.4 Å². The highest BCUT2D eigenvalue weighted by atomic mass is 32.2. The van der Waals surface area contributed by atoms with Crippen LogP contribution in [0.4, 0.5) is 26.3 Å². The lowest BCUT2D eigenvalue weighted by Crippen LogP contribution is -2.23. The molecule has 0 aliphatic carbocycles. The number of alkyl halides is 6. The maximum Gasteiger partial charge on any atom is 0.501 e. The Morgan fingerprint density at radius 1 is 0.469 bits per heavy atom. The second-order valence-corrected chi connectivity index (χ2v) is 10.7. The summed E-state index contributed by atoms with van der Waals surface area (Å²) < 4.78 is 125. The van der Waals surface area contributed by atoms with E-state index < -0.39 is 40.5 Å². The standard InChI is InChI=1S/C20H10F6O4S2/c21-19(22,23)31(27,28)11-5-7-15-16-8-6-12(32(29,30)20(24,25)26)10-18(16)14-4-2-1-3-13(14)17(15)9-11/h1-10H. The summed E-state index contributed by atoms with van der Waals surface area (Å²) in [5.41, 5.74) is -11.0. The molecule has 168 valence electrons. The molecule has 0 N–H and O–H groups in total. The van der Waals surface area contributed by atoms with E-state index in [1.165, 1.54) is 24.3 Å². The van der Waals surface area contributed by atoms with Gasteiger partial charge in [0, 0.05) is 0 Å². The molecule has 4 aromatic rings. The summed E-state index contributed by atoms with van der Waals surface area (Å²) in [5, 5.41) is 1.22. The third-order valence-electron chi connectivity index (χ3n) is 5.01. The van der Waals surface area contributed by atoms with Gasteiger partial charge in [0.05, 0.1) is 9.79 Å². The maximum atomic E-state index is 13.0. The molecule has 0 aliphatic rings. The lowest BCUT2D eigenvalue weighted by atomic mass is 9.94. The molecule has 0 unspecified atom stereocenters. The minimum Gasteiger partial charge on any atom is -0.214 e. The molecule has 0 bridgehead atoms. The van der Waals surface area contributed by atoms with Crippen LogP contribution in [-0.2, 0) is 19.7 Å². The Kier molecular flexibility index (Phi) is 4.76. The smallest absolute Gasteiger partial charge is 0.214 e. The van der Waals surface area contributed by atoms with Crippen LogP contribution < -0.4 is 0 Å².